The highest BCUT2D eigenvalue weighted by Gasteiger charge is 2.39. The minimum atomic E-state index is -0.610. The monoisotopic (exact) mass is 388 g/mol. The van der Waals surface area contributed by atoms with Gasteiger partial charge in [0.25, 0.3) is 0 Å². The number of carbonyl (C=O) groups excluding carboxylic acids is 1. The molecule has 0 spiro atoms. The van der Waals surface area contributed by atoms with Crippen molar-refractivity contribution in [2.45, 2.75) is 5.54 Å². The van der Waals surface area contributed by atoms with Crippen molar-refractivity contribution >= 4 is 17.3 Å². The first-order valence-electron chi connectivity index (χ1n) is 9.93. The molecule has 0 fully saturated rings. The molecule has 0 saturated heterocycles. The molecule has 144 valence electrons. The Morgan fingerprint density at radius 1 is 0.667 bits per heavy atom. The summed E-state index contributed by atoms with van der Waals surface area (Å²) in [7, 11) is 0. The zero-order valence-electron chi connectivity index (χ0n) is 16.3. The van der Waals surface area contributed by atoms with Gasteiger partial charge in [0.1, 0.15) is 11.8 Å². The van der Waals surface area contributed by atoms with E-state index in [2.05, 4.69) is 82.3 Å². The van der Waals surface area contributed by atoms with E-state index in [1.54, 1.807) is 0 Å². The highest BCUT2D eigenvalue weighted by Crippen LogP contribution is 2.42. The number of aldehydes is 1. The molecule has 0 aliphatic rings. The van der Waals surface area contributed by atoms with Gasteiger partial charge in [-0.1, -0.05) is 91.0 Å². The van der Waals surface area contributed by atoms with Crippen molar-refractivity contribution in [3.63, 3.8) is 0 Å². The van der Waals surface area contributed by atoms with Crippen molar-refractivity contribution in [3.05, 3.63) is 138 Å². The van der Waals surface area contributed by atoms with E-state index in [1.807, 2.05) is 42.7 Å². The number of fused-ring (bicyclic) bond motifs is 1. The third-order valence-electron chi connectivity index (χ3n) is 5.64. The van der Waals surface area contributed by atoms with Crippen LogP contribution >= 0.6 is 0 Å². The third kappa shape index (κ3) is 2.75. The SMILES string of the molecule is O=Cc1ccc2c(c1)ncn2C(c1ccccc1)(c1ccccc1)c1ccccc1. The van der Waals surface area contributed by atoms with Crippen LogP contribution in [-0.4, -0.2) is 15.8 Å². The van der Waals surface area contributed by atoms with E-state index in [4.69, 9.17) is 0 Å². The molecule has 0 unspecified atom stereocenters. The number of carbonyl (C=O) groups is 1. The van der Waals surface area contributed by atoms with Gasteiger partial charge in [-0.2, -0.15) is 0 Å². The van der Waals surface area contributed by atoms with Gasteiger partial charge < -0.3 is 4.57 Å². The molecule has 0 aliphatic carbocycles. The maximum absolute atomic E-state index is 11.3. The van der Waals surface area contributed by atoms with E-state index in [0.717, 1.165) is 34.0 Å². The topological polar surface area (TPSA) is 34.9 Å². The summed E-state index contributed by atoms with van der Waals surface area (Å²) in [5.74, 6) is 0. The van der Waals surface area contributed by atoms with Crippen molar-refractivity contribution in [1.82, 2.24) is 9.55 Å². The van der Waals surface area contributed by atoms with Gasteiger partial charge in [-0.25, -0.2) is 4.98 Å². The van der Waals surface area contributed by atoms with Crippen LogP contribution in [0.3, 0.4) is 0 Å². The van der Waals surface area contributed by atoms with E-state index >= 15 is 0 Å². The highest BCUT2D eigenvalue weighted by molar-refractivity contribution is 5.85. The summed E-state index contributed by atoms with van der Waals surface area (Å²) >= 11 is 0. The summed E-state index contributed by atoms with van der Waals surface area (Å²) in [5.41, 5.74) is 5.20. The molecular formula is C27H20N2O. The lowest BCUT2D eigenvalue weighted by atomic mass is 9.76. The summed E-state index contributed by atoms with van der Waals surface area (Å²) < 4.78 is 2.22. The van der Waals surface area contributed by atoms with Crippen molar-refractivity contribution in [1.29, 1.82) is 0 Å². The van der Waals surface area contributed by atoms with Crippen molar-refractivity contribution < 1.29 is 4.79 Å². The van der Waals surface area contributed by atoms with Gasteiger partial charge in [-0.15, -0.1) is 0 Å². The Morgan fingerprint density at radius 2 is 1.17 bits per heavy atom. The highest BCUT2D eigenvalue weighted by atomic mass is 16.1. The number of rotatable bonds is 5. The third-order valence-corrected chi connectivity index (χ3v) is 5.64. The molecule has 0 saturated carbocycles. The first kappa shape index (κ1) is 18.1. The Hall–Kier alpha value is -3.98. The van der Waals surface area contributed by atoms with Crippen LogP contribution in [0.5, 0.6) is 0 Å². The van der Waals surface area contributed by atoms with Gasteiger partial charge >= 0.3 is 0 Å². The number of aromatic nitrogens is 2. The van der Waals surface area contributed by atoms with Crippen molar-refractivity contribution in [3.8, 4) is 0 Å². The van der Waals surface area contributed by atoms with Gasteiger partial charge in [0.05, 0.1) is 17.4 Å². The summed E-state index contributed by atoms with van der Waals surface area (Å²) in [4.78, 5) is 16.0. The minimum absolute atomic E-state index is 0.610. The van der Waals surface area contributed by atoms with Crippen LogP contribution in [-0.2, 0) is 5.54 Å². The van der Waals surface area contributed by atoms with Crippen LogP contribution in [0.2, 0.25) is 0 Å². The maximum Gasteiger partial charge on any atom is 0.150 e. The Kier molecular flexibility index (Phi) is 4.49. The predicted molar refractivity (Wildman–Crippen MR) is 120 cm³/mol. The molecule has 0 radical (unpaired) electrons. The van der Waals surface area contributed by atoms with E-state index < -0.39 is 5.54 Å². The normalized spacial score (nSPS) is 11.5. The summed E-state index contributed by atoms with van der Waals surface area (Å²) in [6.45, 7) is 0. The van der Waals surface area contributed by atoms with Crippen molar-refractivity contribution in [2.24, 2.45) is 0 Å². The molecule has 4 aromatic carbocycles. The van der Waals surface area contributed by atoms with E-state index in [-0.39, 0.29) is 0 Å². The van der Waals surface area contributed by atoms with E-state index in [1.165, 1.54) is 0 Å². The molecule has 5 rings (SSSR count). The number of nitrogens with zero attached hydrogens (tertiary/aromatic N) is 2. The molecule has 5 aromatic rings. The van der Waals surface area contributed by atoms with Gasteiger partial charge in [0.2, 0.25) is 0 Å². The second kappa shape index (κ2) is 7.45. The number of benzene rings is 4. The maximum atomic E-state index is 11.3. The van der Waals surface area contributed by atoms with Crippen LogP contribution < -0.4 is 0 Å². The molecular weight excluding hydrogens is 368 g/mol. The molecule has 0 bridgehead atoms. The van der Waals surface area contributed by atoms with Crippen LogP contribution in [0.4, 0.5) is 0 Å². The second-order valence-corrected chi connectivity index (χ2v) is 7.29. The number of imidazole rings is 1. The quantitative estimate of drug-likeness (QED) is 0.286. The zero-order valence-corrected chi connectivity index (χ0v) is 16.3. The second-order valence-electron chi connectivity index (χ2n) is 7.29. The number of hydrogen-bond donors (Lipinski definition) is 0. The number of hydrogen-bond acceptors (Lipinski definition) is 2. The van der Waals surface area contributed by atoms with Crippen LogP contribution in [0, 0.1) is 0 Å². The summed E-state index contributed by atoms with van der Waals surface area (Å²) in [6.07, 6.45) is 2.74. The Morgan fingerprint density at radius 3 is 1.63 bits per heavy atom. The summed E-state index contributed by atoms with van der Waals surface area (Å²) in [6, 6.07) is 37.1. The van der Waals surface area contributed by atoms with Gasteiger partial charge in [-0.3, -0.25) is 4.79 Å². The fourth-order valence-electron chi connectivity index (χ4n) is 4.33. The lowest BCUT2D eigenvalue weighted by Crippen LogP contribution is -2.37. The smallest absolute Gasteiger partial charge is 0.150 e. The van der Waals surface area contributed by atoms with Crippen LogP contribution in [0.15, 0.2) is 116 Å². The molecule has 0 aliphatic heterocycles. The van der Waals surface area contributed by atoms with Crippen LogP contribution in [0.25, 0.3) is 11.0 Å². The summed E-state index contributed by atoms with van der Waals surface area (Å²) in [5, 5.41) is 0. The average Bonchev–Trinajstić information content (AvgIpc) is 3.25. The Bertz CT molecular complexity index is 1200. The van der Waals surface area contributed by atoms with E-state index in [9.17, 15) is 4.79 Å². The largest absolute Gasteiger partial charge is 0.312 e. The van der Waals surface area contributed by atoms with Gasteiger partial charge in [0.15, 0.2) is 0 Å². The molecule has 0 amide bonds. The molecule has 1 aromatic heterocycles. The first-order chi connectivity index (χ1) is 14.8. The first-order valence-corrected chi connectivity index (χ1v) is 9.93. The predicted octanol–water partition coefficient (Wildman–Crippen LogP) is 5.69. The molecule has 30 heavy (non-hydrogen) atoms. The Labute approximate surface area is 175 Å². The fourth-order valence-corrected chi connectivity index (χ4v) is 4.33. The van der Waals surface area contributed by atoms with Gasteiger partial charge in [0, 0.05) is 5.56 Å². The fraction of sp³-hybridized carbons (Fsp3) is 0.0370. The van der Waals surface area contributed by atoms with Crippen molar-refractivity contribution in [2.75, 3.05) is 0 Å². The molecule has 0 N–H and O–H groups in total. The molecule has 3 nitrogen and oxygen atoms in total. The van der Waals surface area contributed by atoms with Gasteiger partial charge in [-0.05, 0) is 34.9 Å². The Balaban J connectivity index is 1.93. The zero-order chi connectivity index (χ0) is 20.4. The van der Waals surface area contributed by atoms with E-state index in [0.29, 0.717) is 5.56 Å². The van der Waals surface area contributed by atoms with Crippen LogP contribution in [0.1, 0.15) is 27.0 Å². The minimum Gasteiger partial charge on any atom is -0.312 e. The molecule has 1 heterocycles. The lowest BCUT2D eigenvalue weighted by molar-refractivity contribution is 0.112. The lowest BCUT2D eigenvalue weighted by Gasteiger charge is -2.38. The standard InChI is InChI=1S/C27H20N2O/c30-19-21-16-17-26-25(18-21)28-20-29(26)27(22-10-4-1-5-11-22,23-12-6-2-7-13-23)24-14-8-3-9-15-24/h1-20H. The molecule has 3 heteroatoms. The molecule has 0 atom stereocenters. The average molecular weight is 388 g/mol.